The van der Waals surface area contributed by atoms with Gasteiger partial charge in [0.15, 0.2) is 0 Å². The molecule has 0 aliphatic heterocycles. The summed E-state index contributed by atoms with van der Waals surface area (Å²) in [7, 11) is 0. The summed E-state index contributed by atoms with van der Waals surface area (Å²) >= 11 is 0. The quantitative estimate of drug-likeness (QED) is 0.484. The van der Waals surface area contributed by atoms with Gasteiger partial charge in [-0.2, -0.15) is 0 Å². The second-order valence-electron chi connectivity index (χ2n) is 2.88. The Kier molecular flexibility index (Phi) is 2.57. The Balaban J connectivity index is 2.86. The zero-order chi connectivity index (χ0) is 9.14. The Morgan fingerprint density at radius 1 is 1.25 bits per heavy atom. The van der Waals surface area contributed by atoms with E-state index in [0.717, 1.165) is 10.7 Å². The van der Waals surface area contributed by atoms with Crippen molar-refractivity contribution in [2.75, 3.05) is 5.12 Å². The van der Waals surface area contributed by atoms with Crippen molar-refractivity contribution >= 4 is 5.95 Å². The van der Waals surface area contributed by atoms with Crippen LogP contribution in [0.3, 0.4) is 0 Å². The van der Waals surface area contributed by atoms with E-state index in [1.807, 2.05) is 0 Å². The summed E-state index contributed by atoms with van der Waals surface area (Å²) in [5.41, 5.74) is 1.07. The van der Waals surface area contributed by atoms with E-state index in [0.29, 0.717) is 11.9 Å². The molecule has 5 heteroatoms. The van der Waals surface area contributed by atoms with Crippen LogP contribution in [0.25, 0.3) is 0 Å². The van der Waals surface area contributed by atoms with Gasteiger partial charge >= 0.3 is 0 Å². The van der Waals surface area contributed by atoms with Gasteiger partial charge in [-0.15, -0.1) is 0 Å². The fourth-order valence-corrected chi connectivity index (χ4v) is 0.763. The highest BCUT2D eigenvalue weighted by molar-refractivity contribution is 5.25. The van der Waals surface area contributed by atoms with Gasteiger partial charge in [0.2, 0.25) is 0 Å². The van der Waals surface area contributed by atoms with Crippen LogP contribution in [0.4, 0.5) is 5.95 Å². The second kappa shape index (κ2) is 3.46. The molecule has 5 nitrogen and oxygen atoms in total. The summed E-state index contributed by atoms with van der Waals surface area (Å²) in [5, 5.41) is 0.893. The summed E-state index contributed by atoms with van der Waals surface area (Å²) in [6.07, 6.45) is 3.44. The molecule has 66 valence electrons. The van der Waals surface area contributed by atoms with Gasteiger partial charge in [0.25, 0.3) is 5.95 Å². The maximum atomic E-state index is 5.23. The Labute approximate surface area is 71.3 Å². The molecule has 0 saturated heterocycles. The van der Waals surface area contributed by atoms with Crippen LogP contribution in [0.15, 0.2) is 12.4 Å². The fraction of sp³-hybridized carbons (Fsp3) is 0.429. The lowest BCUT2D eigenvalue weighted by Gasteiger charge is -2.09. The number of hydrogen-bond donors (Lipinski definition) is 2. The molecule has 1 heterocycles. The number of nitrogens with two attached hydrogens (primary N) is 2. The smallest absolute Gasteiger partial charge is 0.230 e. The van der Waals surface area contributed by atoms with Crippen molar-refractivity contribution in [1.29, 1.82) is 0 Å². The molecule has 0 amide bonds. The third-order valence-electron chi connectivity index (χ3n) is 1.56. The number of nitrogens with zero attached hydrogens (tertiary/aromatic N) is 3. The average Bonchev–Trinajstić information content (AvgIpc) is 2.04. The first kappa shape index (κ1) is 8.89. The third kappa shape index (κ3) is 1.90. The minimum absolute atomic E-state index is 0.319. The zero-order valence-electron chi connectivity index (χ0n) is 7.23. The molecule has 4 N–H and O–H groups in total. The maximum Gasteiger partial charge on any atom is 0.254 e. The second-order valence-corrected chi connectivity index (χ2v) is 2.88. The SMILES string of the molecule is CC(C)c1cnc(N(N)N)nc1. The molecule has 12 heavy (non-hydrogen) atoms. The lowest BCUT2D eigenvalue weighted by atomic mass is 10.1. The van der Waals surface area contributed by atoms with Crippen LogP contribution in [0.2, 0.25) is 0 Å². The van der Waals surface area contributed by atoms with Gasteiger partial charge in [-0.25, -0.2) is 26.8 Å². The van der Waals surface area contributed by atoms with Gasteiger partial charge in [0.05, 0.1) is 0 Å². The molecule has 0 fully saturated rings. The van der Waals surface area contributed by atoms with Crippen LogP contribution in [-0.4, -0.2) is 9.97 Å². The highest BCUT2D eigenvalue weighted by Crippen LogP contribution is 2.11. The molecule has 0 aromatic carbocycles. The van der Waals surface area contributed by atoms with Gasteiger partial charge in [-0.1, -0.05) is 13.8 Å². The molecule has 0 saturated carbocycles. The molecule has 1 rings (SSSR count). The van der Waals surface area contributed by atoms with Crippen LogP contribution in [0, 0.1) is 0 Å². The molecule has 0 bridgehead atoms. The van der Waals surface area contributed by atoms with E-state index in [1.54, 1.807) is 12.4 Å². The molecule has 0 atom stereocenters. The number of rotatable bonds is 2. The average molecular weight is 167 g/mol. The highest BCUT2D eigenvalue weighted by Gasteiger charge is 2.02. The first-order valence-electron chi connectivity index (χ1n) is 3.72. The molecule has 0 spiro atoms. The lowest BCUT2D eigenvalue weighted by Crippen LogP contribution is -2.39. The Bertz CT molecular complexity index is 213. The summed E-state index contributed by atoms with van der Waals surface area (Å²) in [4.78, 5) is 7.93. The minimum atomic E-state index is 0.319. The largest absolute Gasteiger partial charge is 0.254 e. The topological polar surface area (TPSA) is 81.1 Å². The molecule has 0 aliphatic rings. The van der Waals surface area contributed by atoms with Crippen molar-refractivity contribution < 1.29 is 0 Å². The maximum absolute atomic E-state index is 5.23. The van der Waals surface area contributed by atoms with Gasteiger partial charge in [0, 0.05) is 12.4 Å². The summed E-state index contributed by atoms with van der Waals surface area (Å²) in [5.74, 6) is 11.2. The van der Waals surface area contributed by atoms with Crippen LogP contribution in [0.5, 0.6) is 0 Å². The third-order valence-corrected chi connectivity index (χ3v) is 1.56. The monoisotopic (exact) mass is 167 g/mol. The fourth-order valence-electron chi connectivity index (χ4n) is 0.763. The number of aromatic nitrogens is 2. The van der Waals surface area contributed by atoms with Gasteiger partial charge in [0.1, 0.15) is 0 Å². The van der Waals surface area contributed by atoms with Gasteiger partial charge in [-0.3, -0.25) is 0 Å². The van der Waals surface area contributed by atoms with E-state index in [9.17, 15) is 0 Å². The van der Waals surface area contributed by atoms with Crippen molar-refractivity contribution in [3.63, 3.8) is 0 Å². The van der Waals surface area contributed by atoms with E-state index in [-0.39, 0.29) is 0 Å². The van der Waals surface area contributed by atoms with Crippen molar-refractivity contribution in [2.45, 2.75) is 19.8 Å². The van der Waals surface area contributed by atoms with Crippen LogP contribution >= 0.6 is 0 Å². The molecular formula is C7H13N5. The van der Waals surface area contributed by atoms with Crippen LogP contribution < -0.4 is 16.8 Å². The van der Waals surface area contributed by atoms with Crippen molar-refractivity contribution in [1.82, 2.24) is 9.97 Å². The van der Waals surface area contributed by atoms with Crippen LogP contribution in [-0.2, 0) is 0 Å². The first-order chi connectivity index (χ1) is 5.61. The Hall–Kier alpha value is -1.20. The molecule has 0 aliphatic carbocycles. The highest BCUT2D eigenvalue weighted by atomic mass is 15.6. The zero-order valence-corrected chi connectivity index (χ0v) is 7.23. The van der Waals surface area contributed by atoms with Crippen molar-refractivity contribution in [3.05, 3.63) is 18.0 Å². The number of hydrogen-bond acceptors (Lipinski definition) is 5. The molecule has 0 radical (unpaired) electrons. The normalized spacial score (nSPS) is 10.4. The molecular weight excluding hydrogens is 154 g/mol. The summed E-state index contributed by atoms with van der Waals surface area (Å²) in [6.45, 7) is 4.14. The van der Waals surface area contributed by atoms with Crippen LogP contribution in [0.1, 0.15) is 25.3 Å². The number of hydrazine groups is 2. The van der Waals surface area contributed by atoms with Gasteiger partial charge in [-0.05, 0) is 11.5 Å². The summed E-state index contributed by atoms with van der Waals surface area (Å²) in [6, 6.07) is 0. The predicted octanol–water partition coefficient (Wildman–Crippen LogP) is 0.154. The lowest BCUT2D eigenvalue weighted by molar-refractivity contribution is 0.817. The minimum Gasteiger partial charge on any atom is -0.230 e. The Morgan fingerprint density at radius 2 is 1.75 bits per heavy atom. The summed E-state index contributed by atoms with van der Waals surface area (Å²) < 4.78 is 0. The Morgan fingerprint density at radius 3 is 2.08 bits per heavy atom. The van der Waals surface area contributed by atoms with E-state index >= 15 is 0 Å². The molecule has 0 unspecified atom stereocenters. The van der Waals surface area contributed by atoms with E-state index < -0.39 is 0 Å². The van der Waals surface area contributed by atoms with E-state index in [2.05, 4.69) is 23.8 Å². The first-order valence-corrected chi connectivity index (χ1v) is 3.72. The van der Waals surface area contributed by atoms with E-state index in [1.165, 1.54) is 0 Å². The predicted molar refractivity (Wildman–Crippen MR) is 47.0 cm³/mol. The standard InChI is InChI=1S/C7H13N5/c1-5(2)6-3-10-7(11-4-6)12(8)9/h3-5H,8-9H2,1-2H3. The van der Waals surface area contributed by atoms with Crippen molar-refractivity contribution in [2.24, 2.45) is 11.7 Å². The number of anilines is 1. The van der Waals surface area contributed by atoms with E-state index in [4.69, 9.17) is 11.7 Å². The van der Waals surface area contributed by atoms with Crippen molar-refractivity contribution in [3.8, 4) is 0 Å². The molecule has 1 aromatic rings. The van der Waals surface area contributed by atoms with Gasteiger partial charge < -0.3 is 0 Å². The molecule has 1 aromatic heterocycles.